The van der Waals surface area contributed by atoms with E-state index in [0.29, 0.717) is 27.8 Å². The highest BCUT2D eigenvalue weighted by molar-refractivity contribution is 6.30. The first-order valence-corrected chi connectivity index (χ1v) is 11.6. The largest absolute Gasteiger partial charge is 0.478 e. The van der Waals surface area contributed by atoms with Crippen LogP contribution in [-0.4, -0.2) is 15.6 Å². The lowest BCUT2D eigenvalue weighted by atomic mass is 9.84. The fraction of sp³-hybridized carbons (Fsp3) is 0.143. The maximum absolute atomic E-state index is 15.0. The summed E-state index contributed by atoms with van der Waals surface area (Å²) in [6.45, 7) is 0. The first-order chi connectivity index (χ1) is 17.7. The lowest BCUT2D eigenvalue weighted by Gasteiger charge is -2.22. The zero-order chi connectivity index (χ0) is 26.7. The maximum atomic E-state index is 15.0. The molecule has 0 aliphatic rings. The third-order valence-electron chi connectivity index (χ3n) is 6.26. The summed E-state index contributed by atoms with van der Waals surface area (Å²) in [5.74, 6) is -3.35. The topological polar surface area (TPSA) is 88.7 Å². The van der Waals surface area contributed by atoms with Crippen LogP contribution >= 0.6 is 11.6 Å². The standard InChI is InChI=1S/C28H21ClF2N2O4/c1-33-15-19(7-11-27(33)34)26(32-37)14-23(21-10-8-20(29)13-25(21)31)17-4-2-16(3-5-17)18-6-9-22(28(35)36)24(30)12-18/h2-13,15,23,26H,14H2,1H3,(H,35,36)/t23-,26?/m0/s1. The van der Waals surface area contributed by atoms with Crippen LogP contribution in [-0.2, 0) is 7.05 Å². The van der Waals surface area contributed by atoms with Crippen molar-refractivity contribution in [2.45, 2.75) is 18.4 Å². The number of aromatic nitrogens is 1. The highest BCUT2D eigenvalue weighted by Gasteiger charge is 2.25. The Labute approximate surface area is 215 Å². The number of benzene rings is 3. The molecule has 0 fully saturated rings. The van der Waals surface area contributed by atoms with Crippen molar-refractivity contribution < 1.29 is 18.7 Å². The van der Waals surface area contributed by atoms with E-state index in [-0.39, 0.29) is 17.0 Å². The van der Waals surface area contributed by atoms with Crippen molar-refractivity contribution in [3.8, 4) is 11.1 Å². The van der Waals surface area contributed by atoms with E-state index >= 15 is 4.39 Å². The molecule has 0 saturated heterocycles. The van der Waals surface area contributed by atoms with Gasteiger partial charge in [0, 0.05) is 30.3 Å². The molecule has 1 N–H and O–H groups in total. The van der Waals surface area contributed by atoms with Gasteiger partial charge >= 0.3 is 5.97 Å². The molecule has 6 nitrogen and oxygen atoms in total. The Balaban J connectivity index is 1.73. The van der Waals surface area contributed by atoms with Crippen molar-refractivity contribution in [3.05, 3.63) is 133 Å². The van der Waals surface area contributed by atoms with Crippen molar-refractivity contribution in [2.75, 3.05) is 0 Å². The number of carboxylic acids is 1. The van der Waals surface area contributed by atoms with Gasteiger partial charge in [-0.05, 0) is 64.6 Å². The SMILES string of the molecule is Cn1cc(C(C[C@@H](c2ccc(-c3ccc(C(=O)O)c(F)c3)cc2)c2ccc(Cl)cc2F)N=O)ccc1=O. The monoisotopic (exact) mass is 522 g/mol. The molecule has 9 heteroatoms. The van der Waals surface area contributed by atoms with Gasteiger partial charge in [0.2, 0.25) is 5.56 Å². The predicted octanol–water partition coefficient (Wildman–Crippen LogP) is 6.71. The molecule has 3 aromatic carbocycles. The van der Waals surface area contributed by atoms with Gasteiger partial charge in [0.05, 0.1) is 5.56 Å². The van der Waals surface area contributed by atoms with E-state index in [0.717, 1.165) is 6.07 Å². The highest BCUT2D eigenvalue weighted by atomic mass is 35.5. The zero-order valence-corrected chi connectivity index (χ0v) is 20.3. The number of hydrogen-bond donors (Lipinski definition) is 1. The molecule has 0 amide bonds. The van der Waals surface area contributed by atoms with E-state index in [2.05, 4.69) is 5.18 Å². The van der Waals surface area contributed by atoms with E-state index in [4.69, 9.17) is 16.7 Å². The summed E-state index contributed by atoms with van der Waals surface area (Å²) in [5.41, 5.74) is 1.93. The molecule has 1 heterocycles. The number of nitroso groups, excluding NO2 is 1. The molecule has 0 radical (unpaired) electrons. The summed E-state index contributed by atoms with van der Waals surface area (Å²) >= 11 is 5.95. The molecule has 4 aromatic rings. The van der Waals surface area contributed by atoms with Crippen LogP contribution < -0.4 is 5.56 Å². The van der Waals surface area contributed by atoms with Gasteiger partial charge in [-0.25, -0.2) is 13.6 Å². The second-order valence-corrected chi connectivity index (χ2v) is 9.05. The summed E-state index contributed by atoms with van der Waals surface area (Å²) in [4.78, 5) is 34.7. The predicted molar refractivity (Wildman–Crippen MR) is 137 cm³/mol. The molecular formula is C28H21ClF2N2O4. The third kappa shape index (κ3) is 5.65. The Morgan fingerprint density at radius 3 is 2.22 bits per heavy atom. The van der Waals surface area contributed by atoms with Crippen LogP contribution in [0.25, 0.3) is 11.1 Å². The van der Waals surface area contributed by atoms with Crippen LogP contribution in [0.1, 0.15) is 45.4 Å². The number of halogens is 3. The fourth-order valence-corrected chi connectivity index (χ4v) is 4.44. The van der Waals surface area contributed by atoms with E-state index in [1.807, 2.05) is 0 Å². The van der Waals surface area contributed by atoms with Crippen molar-refractivity contribution in [2.24, 2.45) is 12.2 Å². The van der Waals surface area contributed by atoms with Crippen LogP contribution in [0.15, 0.2) is 89.0 Å². The molecule has 0 bridgehead atoms. The Hall–Kier alpha value is -4.17. The molecule has 0 spiro atoms. The molecular weight excluding hydrogens is 502 g/mol. The average Bonchev–Trinajstić information content (AvgIpc) is 2.87. The number of hydrogen-bond acceptors (Lipinski definition) is 4. The minimum Gasteiger partial charge on any atom is -0.478 e. The summed E-state index contributed by atoms with van der Waals surface area (Å²) in [5, 5.41) is 12.5. The molecule has 188 valence electrons. The van der Waals surface area contributed by atoms with Crippen LogP contribution in [0.2, 0.25) is 5.02 Å². The number of carbonyl (C=O) groups is 1. The molecule has 0 aliphatic heterocycles. The summed E-state index contributed by atoms with van der Waals surface area (Å²) in [7, 11) is 1.56. The van der Waals surface area contributed by atoms with Crippen LogP contribution in [0, 0.1) is 16.5 Å². The Kier molecular flexibility index (Phi) is 7.59. The lowest BCUT2D eigenvalue weighted by Crippen LogP contribution is -2.16. The number of pyridine rings is 1. The van der Waals surface area contributed by atoms with Gasteiger partial charge in [-0.2, -0.15) is 4.91 Å². The number of carboxylic acid groups (broad SMARTS) is 1. The van der Waals surface area contributed by atoms with Gasteiger partial charge in [0.15, 0.2) is 0 Å². The average molecular weight is 523 g/mol. The van der Waals surface area contributed by atoms with Crippen molar-refractivity contribution in [1.82, 2.24) is 4.57 Å². The fourth-order valence-electron chi connectivity index (χ4n) is 4.28. The normalized spacial score (nSPS) is 12.6. The minimum atomic E-state index is -1.36. The van der Waals surface area contributed by atoms with Crippen molar-refractivity contribution in [3.63, 3.8) is 0 Å². The van der Waals surface area contributed by atoms with Crippen molar-refractivity contribution in [1.29, 1.82) is 0 Å². The Bertz CT molecular complexity index is 1540. The number of aryl methyl sites for hydroxylation is 1. The molecule has 37 heavy (non-hydrogen) atoms. The smallest absolute Gasteiger partial charge is 0.338 e. The van der Waals surface area contributed by atoms with Gasteiger partial charge in [0.25, 0.3) is 0 Å². The quantitative estimate of drug-likeness (QED) is 0.260. The second kappa shape index (κ2) is 10.8. The Morgan fingerprint density at radius 2 is 1.62 bits per heavy atom. The van der Waals surface area contributed by atoms with Gasteiger partial charge < -0.3 is 9.67 Å². The minimum absolute atomic E-state index is 0.113. The molecule has 0 saturated carbocycles. The summed E-state index contributed by atoms with van der Waals surface area (Å²) < 4.78 is 30.6. The van der Waals surface area contributed by atoms with Crippen LogP contribution in [0.5, 0.6) is 0 Å². The first kappa shape index (κ1) is 25.9. The van der Waals surface area contributed by atoms with Crippen LogP contribution in [0.4, 0.5) is 8.78 Å². The molecule has 1 unspecified atom stereocenters. The highest BCUT2D eigenvalue weighted by Crippen LogP contribution is 2.38. The number of rotatable bonds is 8. The number of aromatic carboxylic acids is 1. The summed E-state index contributed by atoms with van der Waals surface area (Å²) in [6.07, 6.45) is 1.64. The van der Waals surface area contributed by atoms with Gasteiger partial charge in [-0.1, -0.05) is 53.2 Å². The second-order valence-electron chi connectivity index (χ2n) is 8.61. The van der Waals surface area contributed by atoms with E-state index < -0.39 is 35.1 Å². The molecule has 2 atom stereocenters. The third-order valence-corrected chi connectivity index (χ3v) is 6.50. The van der Waals surface area contributed by atoms with Gasteiger partial charge in [-0.15, -0.1) is 0 Å². The van der Waals surface area contributed by atoms with Crippen LogP contribution in [0.3, 0.4) is 0 Å². The van der Waals surface area contributed by atoms with Crippen molar-refractivity contribution >= 4 is 17.6 Å². The maximum Gasteiger partial charge on any atom is 0.338 e. The first-order valence-electron chi connectivity index (χ1n) is 11.2. The molecule has 4 rings (SSSR count). The molecule has 0 aliphatic carbocycles. The van der Waals surface area contributed by atoms with E-state index in [9.17, 15) is 18.9 Å². The van der Waals surface area contributed by atoms with E-state index in [1.54, 1.807) is 43.4 Å². The summed E-state index contributed by atoms with van der Waals surface area (Å²) in [6, 6.07) is 17.0. The lowest BCUT2D eigenvalue weighted by molar-refractivity contribution is 0.0692. The zero-order valence-electron chi connectivity index (χ0n) is 19.6. The van der Waals surface area contributed by atoms with Gasteiger partial charge in [0.1, 0.15) is 17.7 Å². The number of nitrogens with zero attached hydrogens (tertiary/aromatic N) is 2. The Morgan fingerprint density at radius 1 is 0.946 bits per heavy atom. The van der Waals surface area contributed by atoms with E-state index in [1.165, 1.54) is 41.1 Å². The molecule has 1 aromatic heterocycles. The van der Waals surface area contributed by atoms with Gasteiger partial charge in [-0.3, -0.25) is 4.79 Å².